The molecular weight excluding hydrogens is 272 g/mol. The van der Waals surface area contributed by atoms with E-state index < -0.39 is 0 Å². The molecule has 3 heteroatoms. The van der Waals surface area contributed by atoms with Crippen molar-refractivity contribution in [2.45, 2.75) is 56.5 Å². The molecule has 0 aromatic heterocycles. The third-order valence-corrected chi connectivity index (χ3v) is 6.95. The summed E-state index contributed by atoms with van der Waals surface area (Å²) in [5, 5.41) is 3.75. The molecule has 0 bridgehead atoms. The van der Waals surface area contributed by atoms with Gasteiger partial charge in [-0.15, -0.1) is 0 Å². The fourth-order valence-electron chi connectivity index (χ4n) is 6.07. The van der Waals surface area contributed by atoms with Gasteiger partial charge in [0.1, 0.15) is 0 Å². The minimum absolute atomic E-state index is 0.0509. The molecular formula is C19H24N2O. The zero-order valence-electron chi connectivity index (χ0n) is 13.2. The number of benzene rings is 1. The smallest absolute Gasteiger partial charge is 0.223 e. The van der Waals surface area contributed by atoms with Crippen LogP contribution in [0.4, 0.5) is 5.69 Å². The number of para-hydroxylation sites is 1. The van der Waals surface area contributed by atoms with E-state index in [1.54, 1.807) is 0 Å². The van der Waals surface area contributed by atoms with Gasteiger partial charge in [-0.25, -0.2) is 0 Å². The first kappa shape index (κ1) is 13.0. The van der Waals surface area contributed by atoms with Crippen LogP contribution in [0.15, 0.2) is 24.3 Å². The summed E-state index contributed by atoms with van der Waals surface area (Å²) in [7, 11) is 0. The molecule has 1 aliphatic carbocycles. The Balaban J connectivity index is 1.66. The monoisotopic (exact) mass is 296 g/mol. The van der Waals surface area contributed by atoms with Gasteiger partial charge in [0.2, 0.25) is 5.91 Å². The van der Waals surface area contributed by atoms with Crippen molar-refractivity contribution < 1.29 is 4.79 Å². The van der Waals surface area contributed by atoms with Crippen LogP contribution >= 0.6 is 0 Å². The van der Waals surface area contributed by atoms with Crippen LogP contribution in [-0.4, -0.2) is 29.4 Å². The Morgan fingerprint density at radius 1 is 1.32 bits per heavy atom. The Morgan fingerprint density at radius 2 is 2.18 bits per heavy atom. The summed E-state index contributed by atoms with van der Waals surface area (Å²) in [6.07, 6.45) is 5.74. The minimum atomic E-state index is 0.0509. The molecule has 3 aliphatic heterocycles. The van der Waals surface area contributed by atoms with E-state index in [0.29, 0.717) is 29.8 Å². The van der Waals surface area contributed by atoms with Crippen molar-refractivity contribution in [3.05, 3.63) is 29.8 Å². The summed E-state index contributed by atoms with van der Waals surface area (Å²) in [5.41, 5.74) is 2.75. The highest BCUT2D eigenvalue weighted by atomic mass is 16.2. The molecule has 1 saturated carbocycles. The number of fused-ring (bicyclic) bond motifs is 1. The van der Waals surface area contributed by atoms with Gasteiger partial charge in [0.05, 0.1) is 0 Å². The maximum Gasteiger partial charge on any atom is 0.223 e. The van der Waals surface area contributed by atoms with Gasteiger partial charge in [-0.1, -0.05) is 31.5 Å². The number of rotatable bonds is 1. The molecule has 1 aromatic carbocycles. The van der Waals surface area contributed by atoms with Gasteiger partial charge in [0, 0.05) is 36.2 Å². The lowest BCUT2D eigenvalue weighted by atomic mass is 9.59. The summed E-state index contributed by atoms with van der Waals surface area (Å²) >= 11 is 0. The second-order valence-electron chi connectivity index (χ2n) is 7.80. The fourth-order valence-corrected chi connectivity index (χ4v) is 6.07. The molecule has 1 N–H and O–H groups in total. The van der Waals surface area contributed by atoms with Crippen LogP contribution in [0.1, 0.15) is 44.6 Å². The van der Waals surface area contributed by atoms with Crippen molar-refractivity contribution in [3.8, 4) is 0 Å². The van der Waals surface area contributed by atoms with Crippen molar-refractivity contribution in [1.82, 2.24) is 4.90 Å². The third-order valence-electron chi connectivity index (χ3n) is 6.95. The summed E-state index contributed by atoms with van der Waals surface area (Å²) < 4.78 is 0. The van der Waals surface area contributed by atoms with E-state index in [-0.39, 0.29) is 5.41 Å². The predicted molar refractivity (Wildman–Crippen MR) is 86.8 cm³/mol. The highest BCUT2D eigenvalue weighted by Gasteiger charge is 2.65. The van der Waals surface area contributed by atoms with Gasteiger partial charge >= 0.3 is 0 Å². The van der Waals surface area contributed by atoms with Crippen LogP contribution in [0, 0.1) is 11.8 Å². The first-order valence-electron chi connectivity index (χ1n) is 8.89. The Hall–Kier alpha value is -1.51. The molecule has 1 amide bonds. The van der Waals surface area contributed by atoms with Crippen molar-refractivity contribution in [2.24, 2.45) is 11.8 Å². The molecule has 0 unspecified atom stereocenters. The van der Waals surface area contributed by atoms with E-state index in [1.165, 1.54) is 36.9 Å². The van der Waals surface area contributed by atoms with E-state index >= 15 is 0 Å². The number of piperidine rings is 1. The van der Waals surface area contributed by atoms with E-state index in [4.69, 9.17) is 0 Å². The lowest BCUT2D eigenvalue weighted by molar-refractivity contribution is -0.132. The highest BCUT2D eigenvalue weighted by molar-refractivity contribution is 5.85. The second-order valence-corrected chi connectivity index (χ2v) is 7.80. The van der Waals surface area contributed by atoms with E-state index in [2.05, 4.69) is 41.4 Å². The maximum absolute atomic E-state index is 12.9. The molecule has 0 radical (unpaired) electrons. The standard InChI is InChI=1S/C19H24N2O/c1-2-12-9-13-7-8-16-19(10-17(22)21(11-12)18(13)19)14-5-3-4-6-15(14)20-16/h3-6,12-13,16,18,20H,2,7-11H2,1H3/t12-,13+,16+,18+,19+/m0/s1. The number of carbonyl (C=O) groups is 1. The second kappa shape index (κ2) is 4.27. The van der Waals surface area contributed by atoms with Crippen LogP contribution in [0.5, 0.6) is 0 Å². The Kier molecular flexibility index (Phi) is 2.52. The molecule has 1 aromatic rings. The quantitative estimate of drug-likeness (QED) is 0.863. The molecule has 2 saturated heterocycles. The number of amides is 1. The lowest BCUT2D eigenvalue weighted by Gasteiger charge is -2.52. The van der Waals surface area contributed by atoms with Gasteiger partial charge in [-0.3, -0.25) is 4.79 Å². The normalized spacial score (nSPS) is 41.7. The molecule has 3 heterocycles. The average molecular weight is 296 g/mol. The van der Waals surface area contributed by atoms with Gasteiger partial charge in [-0.2, -0.15) is 0 Å². The fraction of sp³-hybridized carbons (Fsp3) is 0.632. The Labute approximate surface area is 132 Å². The van der Waals surface area contributed by atoms with Crippen molar-refractivity contribution in [3.63, 3.8) is 0 Å². The van der Waals surface area contributed by atoms with Crippen molar-refractivity contribution in [1.29, 1.82) is 0 Å². The number of anilines is 1. The molecule has 1 spiro atoms. The van der Waals surface area contributed by atoms with Crippen LogP contribution in [0.3, 0.4) is 0 Å². The molecule has 5 atom stereocenters. The predicted octanol–water partition coefficient (Wildman–Crippen LogP) is 3.16. The molecule has 4 aliphatic rings. The molecule has 116 valence electrons. The summed E-state index contributed by atoms with van der Waals surface area (Å²) in [4.78, 5) is 15.1. The van der Waals surface area contributed by atoms with Crippen molar-refractivity contribution >= 4 is 11.6 Å². The SMILES string of the molecule is CC[C@H]1C[C@H]2CC[C@H]3Nc4ccccc4[C@]34CC(=O)N(C1)[C@H]24. The van der Waals surface area contributed by atoms with Crippen LogP contribution in [0.2, 0.25) is 0 Å². The summed E-state index contributed by atoms with van der Waals surface area (Å²) in [6.45, 7) is 3.27. The maximum atomic E-state index is 12.9. The number of carbonyl (C=O) groups excluding carboxylic acids is 1. The topological polar surface area (TPSA) is 32.3 Å². The lowest BCUT2D eigenvalue weighted by Crippen LogP contribution is -2.59. The molecule has 5 rings (SSSR count). The third kappa shape index (κ3) is 1.40. The highest BCUT2D eigenvalue weighted by Crippen LogP contribution is 2.59. The zero-order chi connectivity index (χ0) is 14.9. The van der Waals surface area contributed by atoms with E-state index in [1.807, 2.05) is 0 Å². The van der Waals surface area contributed by atoms with Crippen LogP contribution < -0.4 is 5.32 Å². The van der Waals surface area contributed by atoms with Crippen molar-refractivity contribution in [2.75, 3.05) is 11.9 Å². The average Bonchev–Trinajstić information content (AvgIpc) is 3.03. The van der Waals surface area contributed by atoms with Gasteiger partial charge in [0.15, 0.2) is 0 Å². The zero-order valence-corrected chi connectivity index (χ0v) is 13.2. The van der Waals surface area contributed by atoms with Crippen LogP contribution in [0.25, 0.3) is 0 Å². The van der Waals surface area contributed by atoms with Gasteiger partial charge in [-0.05, 0) is 42.7 Å². The Bertz CT molecular complexity index is 642. The minimum Gasteiger partial charge on any atom is -0.381 e. The van der Waals surface area contributed by atoms with Crippen LogP contribution in [-0.2, 0) is 10.2 Å². The van der Waals surface area contributed by atoms with Gasteiger partial charge in [0.25, 0.3) is 0 Å². The first-order valence-corrected chi connectivity index (χ1v) is 8.89. The first-order chi connectivity index (χ1) is 10.7. The number of hydrogen-bond acceptors (Lipinski definition) is 2. The molecule has 3 nitrogen and oxygen atoms in total. The van der Waals surface area contributed by atoms with Gasteiger partial charge < -0.3 is 10.2 Å². The van der Waals surface area contributed by atoms with E-state index in [0.717, 1.165) is 13.0 Å². The number of nitrogens with zero attached hydrogens (tertiary/aromatic N) is 1. The summed E-state index contributed by atoms with van der Waals surface area (Å²) in [5.74, 6) is 1.81. The van der Waals surface area contributed by atoms with E-state index in [9.17, 15) is 4.79 Å². The largest absolute Gasteiger partial charge is 0.381 e. The number of nitrogens with one attached hydrogen (secondary N) is 1. The Morgan fingerprint density at radius 3 is 3.05 bits per heavy atom. The number of hydrogen-bond donors (Lipinski definition) is 1. The molecule has 3 fully saturated rings. The molecule has 22 heavy (non-hydrogen) atoms. The summed E-state index contributed by atoms with van der Waals surface area (Å²) in [6, 6.07) is 9.62.